The molecule has 0 spiro atoms. The molecule has 0 aromatic carbocycles. The summed E-state index contributed by atoms with van der Waals surface area (Å²) in [6.45, 7) is 16.1. The predicted octanol–water partition coefficient (Wildman–Crippen LogP) is 5.94. The lowest BCUT2D eigenvalue weighted by Crippen LogP contribution is -2.47. The van der Waals surface area contributed by atoms with Gasteiger partial charge in [-0.15, -0.1) is 0 Å². The minimum atomic E-state index is -2.51. The highest BCUT2D eigenvalue weighted by atomic mass is 32.4. The van der Waals surface area contributed by atoms with Gasteiger partial charge >= 0.3 is 8.80 Å². The molecular formula is C17H40O3SSi2. The van der Waals surface area contributed by atoms with Gasteiger partial charge in [0.05, 0.1) is 0 Å². The molecule has 0 rings (SSSR count). The van der Waals surface area contributed by atoms with E-state index in [4.69, 9.17) is 13.3 Å². The summed E-state index contributed by atoms with van der Waals surface area (Å²) in [4.78, 5) is 0. The van der Waals surface area contributed by atoms with Gasteiger partial charge in [-0.3, -0.25) is 0 Å². The maximum atomic E-state index is 6.27. The maximum Gasteiger partial charge on any atom is 0.501 e. The Bertz CT molecular complexity index is 247. The van der Waals surface area contributed by atoms with E-state index in [9.17, 15) is 0 Å². The monoisotopic (exact) mass is 380 g/mol. The summed E-state index contributed by atoms with van der Waals surface area (Å²) < 4.78 is 18.8. The van der Waals surface area contributed by atoms with Crippen LogP contribution in [-0.4, -0.2) is 41.6 Å². The summed E-state index contributed by atoms with van der Waals surface area (Å²) in [6, 6.07) is 0.957. The molecule has 0 saturated heterocycles. The van der Waals surface area contributed by atoms with Gasteiger partial charge in [-0.25, -0.2) is 0 Å². The topological polar surface area (TPSA) is 27.7 Å². The fraction of sp³-hybridized carbons (Fsp3) is 1.00. The lowest BCUT2D eigenvalue weighted by molar-refractivity contribution is 0.0577. The lowest BCUT2D eigenvalue weighted by atomic mass is 10.4. The zero-order valence-electron chi connectivity index (χ0n) is 16.4. The van der Waals surface area contributed by atoms with E-state index in [0.29, 0.717) is 0 Å². The highest BCUT2D eigenvalue weighted by Crippen LogP contribution is 2.26. The van der Waals surface area contributed by atoms with E-state index in [1.165, 1.54) is 0 Å². The van der Waals surface area contributed by atoms with Gasteiger partial charge in [-0.05, 0) is 25.0 Å². The quantitative estimate of drug-likeness (QED) is 0.244. The van der Waals surface area contributed by atoms with Crippen molar-refractivity contribution in [3.63, 3.8) is 0 Å². The van der Waals surface area contributed by atoms with Crippen LogP contribution in [0, 0.1) is 0 Å². The van der Waals surface area contributed by atoms with Crippen LogP contribution < -0.4 is 0 Å². The Kier molecular flexibility index (Phi) is 14.3. The van der Waals surface area contributed by atoms with Crippen LogP contribution in [0.15, 0.2) is 0 Å². The van der Waals surface area contributed by atoms with Gasteiger partial charge in [0, 0.05) is 25.9 Å². The molecule has 0 radical (unpaired) electrons. The Morgan fingerprint density at radius 2 is 1.09 bits per heavy atom. The normalized spacial score (nSPS) is 12.8. The first-order chi connectivity index (χ1) is 10.9. The molecule has 0 aliphatic rings. The molecular weight excluding hydrogens is 340 g/mol. The van der Waals surface area contributed by atoms with Gasteiger partial charge in [0.1, 0.15) is 7.22 Å². The van der Waals surface area contributed by atoms with Crippen LogP contribution in [0.2, 0.25) is 25.7 Å². The molecule has 0 unspecified atom stereocenters. The molecule has 23 heavy (non-hydrogen) atoms. The standard InChI is InChI=1S/C17H40O3SSi2/c1-7-10-13-18-23(19-14-11-8-2,20-15-12-9-3)17-16-21-22(4,5)6/h7-17H2,1-6H3. The van der Waals surface area contributed by atoms with E-state index in [0.717, 1.165) is 70.1 Å². The van der Waals surface area contributed by atoms with Crippen molar-refractivity contribution in [3.8, 4) is 0 Å². The van der Waals surface area contributed by atoms with E-state index in [-0.39, 0.29) is 0 Å². The van der Waals surface area contributed by atoms with Gasteiger partial charge in [0.2, 0.25) is 0 Å². The third kappa shape index (κ3) is 13.6. The molecule has 0 heterocycles. The Morgan fingerprint density at radius 3 is 1.39 bits per heavy atom. The molecule has 6 heteroatoms. The van der Waals surface area contributed by atoms with Crippen molar-refractivity contribution < 1.29 is 13.3 Å². The minimum Gasteiger partial charge on any atom is -0.373 e. The van der Waals surface area contributed by atoms with E-state index in [1.54, 1.807) is 0 Å². The fourth-order valence-electron chi connectivity index (χ4n) is 1.94. The second-order valence-electron chi connectivity index (χ2n) is 7.00. The van der Waals surface area contributed by atoms with Crippen LogP contribution in [0.25, 0.3) is 0 Å². The molecule has 0 saturated carbocycles. The van der Waals surface area contributed by atoms with E-state index >= 15 is 0 Å². The largest absolute Gasteiger partial charge is 0.501 e. The van der Waals surface area contributed by atoms with E-state index < -0.39 is 16.0 Å². The number of rotatable bonds is 16. The Labute approximate surface area is 151 Å². The Balaban J connectivity index is 4.71. The van der Waals surface area contributed by atoms with Crippen molar-refractivity contribution in [2.45, 2.75) is 85.0 Å². The fourth-order valence-corrected chi connectivity index (χ4v) is 8.77. The van der Waals surface area contributed by atoms with Gasteiger partial charge < -0.3 is 13.3 Å². The Hall–Kier alpha value is 0.664. The summed E-state index contributed by atoms with van der Waals surface area (Å²) in [5.41, 5.74) is 0. The van der Waals surface area contributed by atoms with Crippen LogP contribution in [0.1, 0.15) is 59.3 Å². The molecule has 3 nitrogen and oxygen atoms in total. The third-order valence-corrected chi connectivity index (χ3v) is 11.0. The predicted molar refractivity (Wildman–Crippen MR) is 109 cm³/mol. The van der Waals surface area contributed by atoms with Crippen molar-refractivity contribution in [3.05, 3.63) is 0 Å². The maximum absolute atomic E-state index is 6.27. The first kappa shape index (κ1) is 23.7. The lowest BCUT2D eigenvalue weighted by Gasteiger charge is -2.30. The van der Waals surface area contributed by atoms with E-state index in [1.807, 2.05) is 0 Å². The van der Waals surface area contributed by atoms with Crippen LogP contribution in [-0.2, 0) is 13.3 Å². The number of hydrogen-bond donors (Lipinski definition) is 0. The van der Waals surface area contributed by atoms with Gasteiger partial charge in [0.15, 0.2) is 0 Å². The van der Waals surface area contributed by atoms with E-state index in [2.05, 4.69) is 51.6 Å². The van der Waals surface area contributed by atoms with Crippen LogP contribution >= 0.6 is 11.2 Å². The van der Waals surface area contributed by atoms with Crippen molar-refractivity contribution >= 4 is 27.2 Å². The summed E-state index contributed by atoms with van der Waals surface area (Å²) in [5, 5.41) is 0. The molecule has 0 atom stereocenters. The average Bonchev–Trinajstić information content (AvgIpc) is 2.47. The zero-order valence-corrected chi connectivity index (χ0v) is 19.2. The van der Waals surface area contributed by atoms with Gasteiger partial charge in [0.25, 0.3) is 0 Å². The molecule has 0 aliphatic heterocycles. The van der Waals surface area contributed by atoms with Crippen molar-refractivity contribution in [1.82, 2.24) is 0 Å². The summed E-state index contributed by atoms with van der Waals surface area (Å²) >= 11 is 2.11. The highest BCUT2D eigenvalue weighted by molar-refractivity contribution is 8.28. The molecule has 0 amide bonds. The molecule has 0 fully saturated rings. The first-order valence-corrected chi connectivity index (χ1v) is 16.6. The molecule has 0 aliphatic carbocycles. The number of hydrogen-bond acceptors (Lipinski definition) is 4. The third-order valence-electron chi connectivity index (χ3n) is 3.40. The number of unbranched alkanes of at least 4 members (excludes halogenated alkanes) is 3. The minimum absolute atomic E-state index is 0.776. The summed E-state index contributed by atoms with van der Waals surface area (Å²) in [6.07, 6.45) is 6.72. The average molecular weight is 381 g/mol. The van der Waals surface area contributed by atoms with Crippen LogP contribution in [0.3, 0.4) is 0 Å². The van der Waals surface area contributed by atoms with Crippen LogP contribution in [0.5, 0.6) is 0 Å². The SMILES string of the molecule is CCCCO[Si](CCS[Si](C)(C)C)(OCCCC)OCCCC. The second kappa shape index (κ2) is 13.9. The highest BCUT2D eigenvalue weighted by Gasteiger charge is 2.41. The molecule has 140 valence electrons. The van der Waals surface area contributed by atoms with Gasteiger partial charge in [-0.2, -0.15) is 11.2 Å². The summed E-state index contributed by atoms with van der Waals surface area (Å²) in [7, 11) is -3.60. The Morgan fingerprint density at radius 1 is 0.696 bits per heavy atom. The van der Waals surface area contributed by atoms with Gasteiger partial charge in [-0.1, -0.05) is 59.7 Å². The zero-order chi connectivity index (χ0) is 17.6. The van der Waals surface area contributed by atoms with Crippen molar-refractivity contribution in [2.75, 3.05) is 25.6 Å². The molecule has 0 bridgehead atoms. The second-order valence-corrected chi connectivity index (χ2v) is 19.2. The first-order valence-electron chi connectivity index (χ1n) is 9.45. The smallest absolute Gasteiger partial charge is 0.373 e. The van der Waals surface area contributed by atoms with Crippen molar-refractivity contribution in [2.24, 2.45) is 0 Å². The summed E-state index contributed by atoms with van der Waals surface area (Å²) in [5.74, 6) is 1.10. The molecule has 0 aromatic rings. The van der Waals surface area contributed by atoms with Crippen LogP contribution in [0.4, 0.5) is 0 Å². The van der Waals surface area contributed by atoms with Crippen molar-refractivity contribution in [1.29, 1.82) is 0 Å². The molecule has 0 N–H and O–H groups in total. The molecule has 0 aromatic heterocycles.